The Kier molecular flexibility index (Phi) is 4.14. The van der Waals surface area contributed by atoms with Crippen molar-refractivity contribution in [3.63, 3.8) is 0 Å². The van der Waals surface area contributed by atoms with Crippen molar-refractivity contribution in [2.45, 2.75) is 44.6 Å². The fraction of sp³-hybridized carbons (Fsp3) is 0.667. The van der Waals surface area contributed by atoms with Crippen LogP contribution in [0.3, 0.4) is 0 Å². The number of nitrogens with two attached hydrogens (primary N) is 1. The van der Waals surface area contributed by atoms with E-state index >= 15 is 0 Å². The van der Waals surface area contributed by atoms with Gasteiger partial charge in [0.05, 0.1) is 18.6 Å². The Morgan fingerprint density at radius 1 is 1.41 bits per heavy atom. The minimum absolute atomic E-state index is 0.401. The van der Waals surface area contributed by atoms with E-state index in [-0.39, 0.29) is 0 Å². The first-order chi connectivity index (χ1) is 8.31. The molecule has 0 amide bonds. The highest BCUT2D eigenvalue weighted by Gasteiger charge is 2.14. The molecule has 0 radical (unpaired) electrons. The largest absolute Gasteiger partial charge is 0.331 e. The van der Waals surface area contributed by atoms with Gasteiger partial charge >= 0.3 is 0 Å². The second-order valence-corrected chi connectivity index (χ2v) is 4.66. The number of imidazole rings is 1. The van der Waals surface area contributed by atoms with Gasteiger partial charge in [0.25, 0.3) is 0 Å². The average molecular weight is 235 g/mol. The van der Waals surface area contributed by atoms with Gasteiger partial charge in [-0.05, 0) is 12.8 Å². The quantitative estimate of drug-likeness (QED) is 0.267. The lowest BCUT2D eigenvalue weighted by molar-refractivity contribution is 0.582. The monoisotopic (exact) mass is 235 g/mol. The molecule has 3 N–H and O–H groups in total. The van der Waals surface area contributed by atoms with Gasteiger partial charge < -0.3 is 9.99 Å². The number of aryl methyl sites for hydroxylation is 1. The molecule has 0 saturated heterocycles. The Morgan fingerprint density at radius 2 is 2.12 bits per heavy atom. The third kappa shape index (κ3) is 3.06. The molecule has 1 aromatic heterocycles. The zero-order valence-corrected chi connectivity index (χ0v) is 10.4. The number of hydrazine groups is 1. The smallest absolute Gasteiger partial charge is 0.161 e. The van der Waals surface area contributed by atoms with Crippen LogP contribution < -0.4 is 11.3 Å². The predicted octanol–water partition coefficient (Wildman–Crippen LogP) is 1.35. The summed E-state index contributed by atoms with van der Waals surface area (Å²) in [4.78, 5) is 8.83. The standard InChI is InChI=1S/C12H21N5/c1-17-9-14-8-11(17)12(16-13)15-10-6-4-2-3-5-7-10/h8-10H,2-7,13H2,1H3,(H,15,16). The Balaban J connectivity index is 2.14. The van der Waals surface area contributed by atoms with Crippen molar-refractivity contribution in [1.82, 2.24) is 15.0 Å². The van der Waals surface area contributed by atoms with E-state index < -0.39 is 0 Å². The number of hydrogen-bond acceptors (Lipinski definition) is 3. The second kappa shape index (κ2) is 5.82. The van der Waals surface area contributed by atoms with Crippen LogP contribution in [0.4, 0.5) is 0 Å². The summed E-state index contributed by atoms with van der Waals surface area (Å²) in [5, 5.41) is 0. The molecule has 1 saturated carbocycles. The minimum Gasteiger partial charge on any atom is -0.331 e. The fourth-order valence-electron chi connectivity index (χ4n) is 2.33. The molecule has 94 valence electrons. The Hall–Kier alpha value is -1.36. The number of aromatic nitrogens is 2. The Labute approximate surface area is 102 Å². The first-order valence-corrected chi connectivity index (χ1v) is 6.32. The van der Waals surface area contributed by atoms with E-state index in [1.54, 1.807) is 12.5 Å². The second-order valence-electron chi connectivity index (χ2n) is 4.66. The molecule has 5 nitrogen and oxygen atoms in total. The number of hydrogen-bond donors (Lipinski definition) is 2. The van der Waals surface area contributed by atoms with Gasteiger partial charge in [-0.15, -0.1) is 0 Å². The topological polar surface area (TPSA) is 68.2 Å². The minimum atomic E-state index is 0.401. The van der Waals surface area contributed by atoms with Gasteiger partial charge in [0, 0.05) is 7.05 Å². The molecule has 0 spiro atoms. The maximum atomic E-state index is 5.57. The van der Waals surface area contributed by atoms with Crippen molar-refractivity contribution in [3.8, 4) is 0 Å². The fourth-order valence-corrected chi connectivity index (χ4v) is 2.33. The molecule has 2 rings (SSSR count). The molecular formula is C12H21N5. The van der Waals surface area contributed by atoms with Crippen molar-refractivity contribution in [3.05, 3.63) is 18.2 Å². The van der Waals surface area contributed by atoms with Crippen molar-refractivity contribution >= 4 is 5.84 Å². The molecule has 1 fully saturated rings. The van der Waals surface area contributed by atoms with Crippen LogP contribution in [0.5, 0.6) is 0 Å². The summed E-state index contributed by atoms with van der Waals surface area (Å²) in [6, 6.07) is 0.401. The zero-order valence-electron chi connectivity index (χ0n) is 10.4. The van der Waals surface area contributed by atoms with Crippen LogP contribution in [0.25, 0.3) is 0 Å². The number of amidine groups is 1. The molecule has 1 aliphatic carbocycles. The lowest BCUT2D eigenvalue weighted by Gasteiger charge is -2.12. The molecule has 0 unspecified atom stereocenters. The normalized spacial score (nSPS) is 19.1. The number of nitrogens with zero attached hydrogens (tertiary/aromatic N) is 3. The van der Waals surface area contributed by atoms with Crippen LogP contribution >= 0.6 is 0 Å². The van der Waals surface area contributed by atoms with E-state index in [0.29, 0.717) is 6.04 Å². The van der Waals surface area contributed by atoms with Crippen LogP contribution in [-0.2, 0) is 7.05 Å². The summed E-state index contributed by atoms with van der Waals surface area (Å²) in [6.07, 6.45) is 11.1. The van der Waals surface area contributed by atoms with Gasteiger partial charge in [0.1, 0.15) is 5.69 Å². The molecule has 0 aromatic carbocycles. The van der Waals surface area contributed by atoms with Gasteiger partial charge in [-0.25, -0.2) is 10.8 Å². The molecule has 1 heterocycles. The average Bonchev–Trinajstić information content (AvgIpc) is 2.62. The number of nitrogens with one attached hydrogen (secondary N) is 1. The summed E-state index contributed by atoms with van der Waals surface area (Å²) in [5.74, 6) is 6.31. The van der Waals surface area contributed by atoms with Crippen molar-refractivity contribution in [1.29, 1.82) is 0 Å². The Morgan fingerprint density at radius 3 is 2.65 bits per heavy atom. The van der Waals surface area contributed by atoms with Gasteiger partial charge in [-0.2, -0.15) is 0 Å². The maximum Gasteiger partial charge on any atom is 0.161 e. The third-order valence-electron chi connectivity index (χ3n) is 3.33. The van der Waals surface area contributed by atoms with E-state index in [1.165, 1.54) is 38.5 Å². The third-order valence-corrected chi connectivity index (χ3v) is 3.33. The lowest BCUT2D eigenvalue weighted by Crippen LogP contribution is -2.33. The molecular weight excluding hydrogens is 214 g/mol. The number of aliphatic imine (C=N–C) groups is 1. The predicted molar refractivity (Wildman–Crippen MR) is 68.6 cm³/mol. The molecule has 0 bridgehead atoms. The molecule has 1 aliphatic rings. The van der Waals surface area contributed by atoms with Gasteiger partial charge in [0.2, 0.25) is 0 Å². The van der Waals surface area contributed by atoms with Crippen molar-refractivity contribution in [2.24, 2.45) is 17.9 Å². The van der Waals surface area contributed by atoms with Crippen LogP contribution in [-0.4, -0.2) is 21.4 Å². The summed E-state index contributed by atoms with van der Waals surface area (Å²) in [5.41, 5.74) is 3.64. The Bertz CT molecular complexity index is 374. The first kappa shape index (κ1) is 12.1. The molecule has 5 heteroatoms. The zero-order chi connectivity index (χ0) is 12.1. The van der Waals surface area contributed by atoms with Gasteiger partial charge in [-0.3, -0.25) is 4.99 Å². The highest BCUT2D eigenvalue weighted by Crippen LogP contribution is 2.20. The summed E-state index contributed by atoms with van der Waals surface area (Å²) < 4.78 is 1.93. The molecule has 0 atom stereocenters. The molecule has 1 aromatic rings. The summed E-state index contributed by atoms with van der Waals surface area (Å²) >= 11 is 0. The van der Waals surface area contributed by atoms with Crippen LogP contribution in [0.2, 0.25) is 0 Å². The van der Waals surface area contributed by atoms with E-state index in [0.717, 1.165) is 11.5 Å². The molecule has 17 heavy (non-hydrogen) atoms. The van der Waals surface area contributed by atoms with Gasteiger partial charge in [-0.1, -0.05) is 25.7 Å². The van der Waals surface area contributed by atoms with E-state index in [2.05, 4.69) is 10.4 Å². The van der Waals surface area contributed by atoms with E-state index in [1.807, 2.05) is 11.6 Å². The lowest BCUT2D eigenvalue weighted by atomic mass is 10.1. The van der Waals surface area contributed by atoms with Crippen LogP contribution in [0, 0.1) is 0 Å². The van der Waals surface area contributed by atoms with Crippen molar-refractivity contribution in [2.75, 3.05) is 0 Å². The summed E-state index contributed by atoms with van der Waals surface area (Å²) in [6.45, 7) is 0. The SMILES string of the molecule is Cn1cncc1C(=NC1CCCCCC1)NN. The van der Waals surface area contributed by atoms with Crippen LogP contribution in [0.15, 0.2) is 17.5 Å². The number of rotatable bonds is 2. The van der Waals surface area contributed by atoms with E-state index in [9.17, 15) is 0 Å². The summed E-state index contributed by atoms with van der Waals surface area (Å²) in [7, 11) is 1.95. The van der Waals surface area contributed by atoms with Crippen molar-refractivity contribution < 1.29 is 0 Å². The molecule has 0 aliphatic heterocycles. The highest BCUT2D eigenvalue weighted by atomic mass is 15.3. The maximum absolute atomic E-state index is 5.57. The van der Waals surface area contributed by atoms with Crippen LogP contribution in [0.1, 0.15) is 44.2 Å². The van der Waals surface area contributed by atoms with Gasteiger partial charge in [0.15, 0.2) is 5.84 Å². The first-order valence-electron chi connectivity index (χ1n) is 6.32. The van der Waals surface area contributed by atoms with E-state index in [4.69, 9.17) is 10.8 Å². The highest BCUT2D eigenvalue weighted by molar-refractivity contribution is 5.96.